The number of aromatic amines is 1. The molecule has 0 unspecified atom stereocenters. The monoisotopic (exact) mass is 457 g/mol. The first-order chi connectivity index (χ1) is 15.8. The van der Waals surface area contributed by atoms with Crippen molar-refractivity contribution in [2.45, 2.75) is 77.8 Å². The van der Waals surface area contributed by atoms with E-state index in [-0.39, 0.29) is 41.6 Å². The molecule has 4 rings (SSSR count). The molecule has 2 bridgehead atoms. The summed E-state index contributed by atoms with van der Waals surface area (Å²) in [6, 6.07) is 0.260. The zero-order chi connectivity index (χ0) is 23.5. The van der Waals surface area contributed by atoms with Gasteiger partial charge in [-0.2, -0.15) is 5.10 Å². The molecule has 5 atom stereocenters. The summed E-state index contributed by atoms with van der Waals surface area (Å²) in [5.74, 6) is 1.60. The summed E-state index contributed by atoms with van der Waals surface area (Å²) >= 11 is 0. The summed E-state index contributed by atoms with van der Waals surface area (Å²) in [4.78, 5) is 43.1. The molecule has 0 radical (unpaired) electrons. The molecule has 3 aliphatic heterocycles. The minimum Gasteiger partial charge on any atom is -0.353 e. The van der Waals surface area contributed by atoms with Gasteiger partial charge in [0.15, 0.2) is 0 Å². The molecule has 3 fully saturated rings. The number of nitrogens with zero attached hydrogens (tertiary/aromatic N) is 3. The van der Waals surface area contributed by atoms with E-state index in [0.717, 1.165) is 32.1 Å². The van der Waals surface area contributed by atoms with Crippen molar-refractivity contribution in [3.05, 3.63) is 18.0 Å². The summed E-state index contributed by atoms with van der Waals surface area (Å²) in [7, 11) is 0. The van der Waals surface area contributed by atoms with Crippen molar-refractivity contribution >= 4 is 17.7 Å². The van der Waals surface area contributed by atoms with Crippen LogP contribution in [0.1, 0.15) is 76.1 Å². The SMILES string of the molecule is CC(C)[C@@H]1CC[C@@H](C)CC(=O)N2C[C@H]3C[C@H](CN(C(=O)c4cn[nH]c4)C3)[C@@H]2CCCC(=O)N1. The van der Waals surface area contributed by atoms with E-state index in [2.05, 4.69) is 41.2 Å². The fourth-order valence-electron chi connectivity index (χ4n) is 6.02. The van der Waals surface area contributed by atoms with E-state index in [4.69, 9.17) is 0 Å². The van der Waals surface area contributed by atoms with Gasteiger partial charge in [-0.05, 0) is 55.8 Å². The third-order valence-corrected chi connectivity index (χ3v) is 7.87. The van der Waals surface area contributed by atoms with Crippen LogP contribution in [0.2, 0.25) is 0 Å². The first-order valence-electron chi connectivity index (χ1n) is 12.7. The van der Waals surface area contributed by atoms with Crippen molar-refractivity contribution in [1.82, 2.24) is 25.3 Å². The number of H-pyrrole nitrogens is 1. The number of rotatable bonds is 2. The van der Waals surface area contributed by atoms with Crippen LogP contribution in [0.15, 0.2) is 12.4 Å². The van der Waals surface area contributed by atoms with Gasteiger partial charge in [-0.3, -0.25) is 19.5 Å². The van der Waals surface area contributed by atoms with E-state index in [9.17, 15) is 14.4 Å². The minimum atomic E-state index is 0.00981. The molecule has 0 spiro atoms. The number of carbonyl (C=O) groups is 3. The molecule has 1 aromatic heterocycles. The number of aromatic nitrogens is 2. The van der Waals surface area contributed by atoms with E-state index in [1.54, 1.807) is 12.4 Å². The van der Waals surface area contributed by atoms with E-state index in [1.165, 1.54) is 0 Å². The Kier molecular flexibility index (Phi) is 7.39. The van der Waals surface area contributed by atoms with Crippen molar-refractivity contribution in [1.29, 1.82) is 0 Å². The summed E-state index contributed by atoms with van der Waals surface area (Å²) in [5, 5.41) is 9.88. The van der Waals surface area contributed by atoms with Gasteiger partial charge in [0.2, 0.25) is 11.8 Å². The fourth-order valence-corrected chi connectivity index (χ4v) is 6.02. The number of amides is 3. The predicted molar refractivity (Wildman–Crippen MR) is 125 cm³/mol. The number of carbonyl (C=O) groups excluding carboxylic acids is 3. The van der Waals surface area contributed by atoms with Crippen LogP contribution >= 0.6 is 0 Å². The van der Waals surface area contributed by atoms with Gasteiger partial charge in [-0.15, -0.1) is 0 Å². The lowest BCUT2D eigenvalue weighted by Gasteiger charge is -2.51. The predicted octanol–water partition coefficient (Wildman–Crippen LogP) is 2.83. The largest absolute Gasteiger partial charge is 0.353 e. The Labute approximate surface area is 196 Å². The quantitative estimate of drug-likeness (QED) is 0.713. The zero-order valence-electron chi connectivity index (χ0n) is 20.3. The third kappa shape index (κ3) is 5.58. The second-order valence-electron chi connectivity index (χ2n) is 10.9. The molecule has 8 heteroatoms. The van der Waals surface area contributed by atoms with Crippen LogP contribution in [0.3, 0.4) is 0 Å². The molecule has 3 amide bonds. The van der Waals surface area contributed by atoms with Gasteiger partial charge in [-0.1, -0.05) is 20.8 Å². The highest BCUT2D eigenvalue weighted by molar-refractivity contribution is 5.93. The number of nitrogens with one attached hydrogen (secondary N) is 2. The van der Waals surface area contributed by atoms with Crippen LogP contribution in [0.5, 0.6) is 0 Å². The summed E-state index contributed by atoms with van der Waals surface area (Å²) in [5.41, 5.74) is 0.586. The average molecular weight is 458 g/mol. The van der Waals surface area contributed by atoms with Gasteiger partial charge in [0.25, 0.3) is 5.91 Å². The van der Waals surface area contributed by atoms with Crippen LogP contribution < -0.4 is 5.32 Å². The maximum atomic E-state index is 13.4. The van der Waals surface area contributed by atoms with Crippen LogP contribution in [-0.2, 0) is 9.59 Å². The molecule has 0 saturated carbocycles. The smallest absolute Gasteiger partial charge is 0.257 e. The Hall–Kier alpha value is -2.38. The molecule has 2 N–H and O–H groups in total. The highest BCUT2D eigenvalue weighted by Crippen LogP contribution is 2.37. The van der Waals surface area contributed by atoms with E-state index in [0.29, 0.717) is 49.9 Å². The normalized spacial score (nSPS) is 31.8. The molecule has 0 aromatic carbocycles. The van der Waals surface area contributed by atoms with Gasteiger partial charge >= 0.3 is 0 Å². The molecule has 8 nitrogen and oxygen atoms in total. The molecular weight excluding hydrogens is 418 g/mol. The molecule has 33 heavy (non-hydrogen) atoms. The molecule has 182 valence electrons. The molecular formula is C25H39N5O3. The first kappa shape index (κ1) is 23.8. The molecule has 0 aliphatic carbocycles. The van der Waals surface area contributed by atoms with E-state index in [1.807, 2.05) is 4.90 Å². The van der Waals surface area contributed by atoms with Gasteiger partial charge in [0.1, 0.15) is 0 Å². The maximum absolute atomic E-state index is 13.4. The van der Waals surface area contributed by atoms with E-state index < -0.39 is 0 Å². The van der Waals surface area contributed by atoms with Crippen LogP contribution in [-0.4, -0.2) is 69.4 Å². The number of hydrogen-bond donors (Lipinski definition) is 2. The summed E-state index contributed by atoms with van der Waals surface area (Å²) < 4.78 is 0. The molecule has 1 aromatic rings. The molecule has 4 heterocycles. The molecule has 3 aliphatic rings. The average Bonchev–Trinajstić information content (AvgIpc) is 3.31. The standard InChI is InChI=1S/C25H39N5O3/c1-16(2)21-8-7-17(3)9-24(32)30-14-18-10-19(22(30)5-4-6-23(31)28-21)15-29(13-18)25(33)20-11-26-27-12-20/h11-12,16-19,21-22H,4-10,13-15H2,1-3H3,(H,26,27)(H,28,31)/t17-,18+,19-,21+,22+/m1/s1. The van der Waals surface area contributed by atoms with Crippen molar-refractivity contribution in [2.24, 2.45) is 23.7 Å². The highest BCUT2D eigenvalue weighted by atomic mass is 16.2. The number of piperidine rings is 2. The zero-order valence-corrected chi connectivity index (χ0v) is 20.3. The fraction of sp³-hybridized carbons (Fsp3) is 0.760. The lowest BCUT2D eigenvalue weighted by Crippen LogP contribution is -2.60. The van der Waals surface area contributed by atoms with Crippen molar-refractivity contribution in [2.75, 3.05) is 19.6 Å². The molecule has 3 saturated heterocycles. The Morgan fingerprint density at radius 3 is 2.70 bits per heavy atom. The Bertz CT molecular complexity index is 839. The topological polar surface area (TPSA) is 98.4 Å². The summed E-state index contributed by atoms with van der Waals surface area (Å²) in [6.45, 7) is 8.51. The second-order valence-corrected chi connectivity index (χ2v) is 10.9. The lowest BCUT2D eigenvalue weighted by molar-refractivity contribution is -0.141. The Morgan fingerprint density at radius 1 is 1.15 bits per heavy atom. The van der Waals surface area contributed by atoms with Crippen molar-refractivity contribution in [3.8, 4) is 0 Å². The second kappa shape index (κ2) is 10.3. The van der Waals surface area contributed by atoms with Crippen LogP contribution in [0.4, 0.5) is 0 Å². The van der Waals surface area contributed by atoms with Crippen LogP contribution in [0.25, 0.3) is 0 Å². The van der Waals surface area contributed by atoms with Gasteiger partial charge in [0.05, 0.1) is 11.8 Å². The van der Waals surface area contributed by atoms with Crippen LogP contribution in [0, 0.1) is 23.7 Å². The van der Waals surface area contributed by atoms with Gasteiger partial charge in [-0.25, -0.2) is 0 Å². The Balaban J connectivity index is 1.50. The lowest BCUT2D eigenvalue weighted by atomic mass is 9.77. The minimum absolute atomic E-state index is 0.00981. The number of fused-ring (bicyclic) bond motifs is 4. The van der Waals surface area contributed by atoms with Gasteiger partial charge in [0, 0.05) is 50.8 Å². The third-order valence-electron chi connectivity index (χ3n) is 7.87. The highest BCUT2D eigenvalue weighted by Gasteiger charge is 2.43. The maximum Gasteiger partial charge on any atom is 0.257 e. The van der Waals surface area contributed by atoms with E-state index >= 15 is 0 Å². The summed E-state index contributed by atoms with van der Waals surface area (Å²) in [6.07, 6.45) is 8.74. The van der Waals surface area contributed by atoms with Crippen molar-refractivity contribution in [3.63, 3.8) is 0 Å². The van der Waals surface area contributed by atoms with Gasteiger partial charge < -0.3 is 15.1 Å². The van der Waals surface area contributed by atoms with Crippen molar-refractivity contribution < 1.29 is 14.4 Å². The number of likely N-dealkylation sites (tertiary alicyclic amines) is 1. The first-order valence-corrected chi connectivity index (χ1v) is 12.7. The Morgan fingerprint density at radius 2 is 1.97 bits per heavy atom. The number of hydrogen-bond acceptors (Lipinski definition) is 4.